The van der Waals surface area contributed by atoms with Gasteiger partial charge in [-0.15, -0.1) is 23.1 Å². The van der Waals surface area contributed by atoms with E-state index in [9.17, 15) is 9.59 Å². The Morgan fingerprint density at radius 2 is 1.82 bits per heavy atom. The summed E-state index contributed by atoms with van der Waals surface area (Å²) in [5, 5.41) is 8.73. The quantitative estimate of drug-likeness (QED) is 0.551. The summed E-state index contributed by atoms with van der Waals surface area (Å²) in [7, 11) is 0. The molecular formula is C21H21N3O2S2. The summed E-state index contributed by atoms with van der Waals surface area (Å²) in [4.78, 5) is 30.0. The van der Waals surface area contributed by atoms with E-state index in [-0.39, 0.29) is 11.8 Å². The first kappa shape index (κ1) is 20.1. The van der Waals surface area contributed by atoms with E-state index in [0.717, 1.165) is 21.3 Å². The molecule has 0 fully saturated rings. The molecule has 144 valence electrons. The van der Waals surface area contributed by atoms with E-state index in [4.69, 9.17) is 0 Å². The highest BCUT2D eigenvalue weighted by atomic mass is 32.2. The van der Waals surface area contributed by atoms with Crippen LogP contribution in [0, 0.1) is 6.92 Å². The monoisotopic (exact) mass is 411 g/mol. The third-order valence-corrected chi connectivity index (χ3v) is 5.85. The van der Waals surface area contributed by atoms with Gasteiger partial charge in [0.25, 0.3) is 11.8 Å². The fourth-order valence-corrected chi connectivity index (χ4v) is 4.23. The van der Waals surface area contributed by atoms with E-state index in [1.54, 1.807) is 47.4 Å². The number of nitrogens with zero attached hydrogens (tertiary/aromatic N) is 1. The number of thiazole rings is 1. The molecule has 0 atom stereocenters. The van der Waals surface area contributed by atoms with Crippen molar-refractivity contribution in [1.29, 1.82) is 0 Å². The molecule has 0 aliphatic carbocycles. The highest BCUT2D eigenvalue weighted by Gasteiger charge is 2.13. The predicted octanol–water partition coefficient (Wildman–Crippen LogP) is 4.75. The predicted molar refractivity (Wildman–Crippen MR) is 115 cm³/mol. The van der Waals surface area contributed by atoms with Crippen molar-refractivity contribution in [1.82, 2.24) is 10.3 Å². The number of amides is 2. The van der Waals surface area contributed by atoms with Crippen molar-refractivity contribution in [2.24, 2.45) is 0 Å². The second-order valence-electron chi connectivity index (χ2n) is 6.03. The molecule has 2 aromatic carbocycles. The van der Waals surface area contributed by atoms with Crippen molar-refractivity contribution in [2.75, 3.05) is 11.9 Å². The van der Waals surface area contributed by atoms with Gasteiger partial charge in [0.05, 0.1) is 16.3 Å². The van der Waals surface area contributed by atoms with Crippen LogP contribution in [-0.4, -0.2) is 23.3 Å². The molecule has 0 radical (unpaired) electrons. The maximum Gasteiger partial charge on any atom is 0.256 e. The van der Waals surface area contributed by atoms with E-state index >= 15 is 0 Å². The van der Waals surface area contributed by atoms with Gasteiger partial charge in [-0.2, -0.15) is 0 Å². The van der Waals surface area contributed by atoms with Gasteiger partial charge in [0.1, 0.15) is 0 Å². The first-order valence-corrected chi connectivity index (χ1v) is 10.8. The van der Waals surface area contributed by atoms with Crippen molar-refractivity contribution in [2.45, 2.75) is 24.5 Å². The van der Waals surface area contributed by atoms with Gasteiger partial charge < -0.3 is 10.6 Å². The molecule has 2 N–H and O–H groups in total. The Hall–Kier alpha value is -2.64. The third-order valence-electron chi connectivity index (χ3n) is 3.92. The summed E-state index contributed by atoms with van der Waals surface area (Å²) in [5.74, 6) is 0.415. The number of carbonyl (C=O) groups is 2. The molecule has 0 bridgehead atoms. The molecule has 0 saturated carbocycles. The van der Waals surface area contributed by atoms with E-state index in [0.29, 0.717) is 23.4 Å². The van der Waals surface area contributed by atoms with Gasteiger partial charge in [-0.3, -0.25) is 9.59 Å². The SMILES string of the molecule is CCNC(=O)c1ccc(NC(=O)c2ccccc2SCc2csc(C)n2)cc1. The van der Waals surface area contributed by atoms with Crippen LogP contribution >= 0.6 is 23.1 Å². The molecule has 0 saturated heterocycles. The van der Waals surface area contributed by atoms with Crippen LogP contribution in [0.4, 0.5) is 5.69 Å². The Labute approximate surface area is 172 Å². The summed E-state index contributed by atoms with van der Waals surface area (Å²) in [6, 6.07) is 14.4. The van der Waals surface area contributed by atoms with E-state index in [1.807, 2.05) is 43.5 Å². The maximum absolute atomic E-state index is 12.8. The van der Waals surface area contributed by atoms with Crippen LogP contribution in [0.2, 0.25) is 0 Å². The molecule has 2 amide bonds. The van der Waals surface area contributed by atoms with Crippen LogP contribution < -0.4 is 10.6 Å². The molecule has 0 aliphatic heterocycles. The molecule has 0 aliphatic rings. The lowest BCUT2D eigenvalue weighted by Crippen LogP contribution is -2.22. The standard InChI is InChI=1S/C21H21N3O2S2/c1-3-22-20(25)15-8-10-16(11-9-15)24-21(26)18-6-4-5-7-19(18)28-13-17-12-27-14(2)23-17/h4-12H,3,13H2,1-2H3,(H,22,25)(H,24,26). The zero-order valence-electron chi connectivity index (χ0n) is 15.7. The van der Waals surface area contributed by atoms with Gasteiger partial charge in [0.2, 0.25) is 0 Å². The van der Waals surface area contributed by atoms with Crippen LogP contribution in [-0.2, 0) is 5.75 Å². The zero-order chi connectivity index (χ0) is 19.9. The molecule has 28 heavy (non-hydrogen) atoms. The largest absolute Gasteiger partial charge is 0.352 e. The molecule has 1 aromatic heterocycles. The molecule has 3 aromatic rings. The summed E-state index contributed by atoms with van der Waals surface area (Å²) in [6.07, 6.45) is 0. The smallest absolute Gasteiger partial charge is 0.256 e. The van der Waals surface area contributed by atoms with Crippen LogP contribution in [0.5, 0.6) is 0 Å². The number of hydrogen-bond acceptors (Lipinski definition) is 5. The summed E-state index contributed by atoms with van der Waals surface area (Å²) >= 11 is 3.22. The van der Waals surface area contributed by atoms with Gasteiger partial charge in [-0.1, -0.05) is 12.1 Å². The van der Waals surface area contributed by atoms with Gasteiger partial charge in [0.15, 0.2) is 0 Å². The van der Waals surface area contributed by atoms with Crippen molar-refractivity contribution >= 4 is 40.6 Å². The lowest BCUT2D eigenvalue weighted by molar-refractivity contribution is 0.0955. The second kappa shape index (κ2) is 9.52. The van der Waals surface area contributed by atoms with Gasteiger partial charge in [0, 0.05) is 33.8 Å². The Bertz CT molecular complexity index is 968. The van der Waals surface area contributed by atoms with Crippen molar-refractivity contribution < 1.29 is 9.59 Å². The Morgan fingerprint density at radius 3 is 2.50 bits per heavy atom. The fraction of sp³-hybridized carbons (Fsp3) is 0.190. The summed E-state index contributed by atoms with van der Waals surface area (Å²) < 4.78 is 0. The number of nitrogens with one attached hydrogen (secondary N) is 2. The molecule has 5 nitrogen and oxygen atoms in total. The number of rotatable bonds is 7. The lowest BCUT2D eigenvalue weighted by Gasteiger charge is -2.10. The average molecular weight is 412 g/mol. The van der Waals surface area contributed by atoms with Crippen LogP contribution in [0.15, 0.2) is 58.8 Å². The minimum Gasteiger partial charge on any atom is -0.352 e. The first-order chi connectivity index (χ1) is 13.6. The van der Waals surface area contributed by atoms with Gasteiger partial charge in [-0.05, 0) is 50.2 Å². The third kappa shape index (κ3) is 5.21. The van der Waals surface area contributed by atoms with E-state index in [1.165, 1.54) is 0 Å². The highest BCUT2D eigenvalue weighted by molar-refractivity contribution is 7.98. The lowest BCUT2D eigenvalue weighted by atomic mass is 10.1. The molecule has 3 rings (SSSR count). The minimum atomic E-state index is -0.177. The number of aromatic nitrogens is 1. The molecular weight excluding hydrogens is 390 g/mol. The van der Waals surface area contributed by atoms with Crippen molar-refractivity contribution in [3.05, 3.63) is 75.7 Å². The van der Waals surface area contributed by atoms with E-state index in [2.05, 4.69) is 15.6 Å². The highest BCUT2D eigenvalue weighted by Crippen LogP contribution is 2.27. The number of hydrogen-bond donors (Lipinski definition) is 2. The molecule has 7 heteroatoms. The Morgan fingerprint density at radius 1 is 1.07 bits per heavy atom. The first-order valence-electron chi connectivity index (χ1n) is 8.89. The van der Waals surface area contributed by atoms with Crippen molar-refractivity contribution in [3.63, 3.8) is 0 Å². The Balaban J connectivity index is 1.68. The van der Waals surface area contributed by atoms with E-state index < -0.39 is 0 Å². The van der Waals surface area contributed by atoms with Crippen LogP contribution in [0.1, 0.15) is 38.3 Å². The molecule has 0 spiro atoms. The van der Waals surface area contributed by atoms with Gasteiger partial charge in [-0.25, -0.2) is 4.98 Å². The second-order valence-corrected chi connectivity index (χ2v) is 8.11. The maximum atomic E-state index is 12.8. The van der Waals surface area contributed by atoms with Gasteiger partial charge >= 0.3 is 0 Å². The number of anilines is 1. The molecule has 1 heterocycles. The zero-order valence-corrected chi connectivity index (χ0v) is 17.3. The Kier molecular flexibility index (Phi) is 6.84. The number of carbonyl (C=O) groups excluding carboxylic acids is 2. The fourth-order valence-electron chi connectivity index (χ4n) is 2.57. The topological polar surface area (TPSA) is 71.1 Å². The number of aryl methyl sites for hydroxylation is 1. The normalized spacial score (nSPS) is 10.5. The van der Waals surface area contributed by atoms with Crippen molar-refractivity contribution in [3.8, 4) is 0 Å². The number of thioether (sulfide) groups is 1. The van der Waals surface area contributed by atoms with Crippen LogP contribution in [0.25, 0.3) is 0 Å². The number of benzene rings is 2. The minimum absolute atomic E-state index is 0.126. The average Bonchev–Trinajstić information content (AvgIpc) is 3.12. The summed E-state index contributed by atoms with van der Waals surface area (Å²) in [6.45, 7) is 4.43. The van der Waals surface area contributed by atoms with Crippen LogP contribution in [0.3, 0.4) is 0 Å². The summed E-state index contributed by atoms with van der Waals surface area (Å²) in [5.41, 5.74) is 2.85. The molecule has 0 unspecified atom stereocenters.